The highest BCUT2D eigenvalue weighted by Crippen LogP contribution is 2.73. The van der Waals surface area contributed by atoms with Crippen molar-refractivity contribution in [2.45, 2.75) is 89.9 Å². The van der Waals surface area contributed by atoms with E-state index in [1.165, 1.54) is 18.2 Å². The van der Waals surface area contributed by atoms with E-state index in [-0.39, 0.29) is 42.1 Å². The molecule has 37 heavy (non-hydrogen) atoms. The van der Waals surface area contributed by atoms with Crippen molar-refractivity contribution in [3.63, 3.8) is 0 Å². The maximum absolute atomic E-state index is 17.4. The van der Waals surface area contributed by atoms with Crippen LogP contribution in [-0.4, -0.2) is 63.2 Å². The molecular weight excluding hydrogens is 503 g/mol. The fraction of sp³-hybridized carbons (Fsp3) is 0.786. The second-order valence-electron chi connectivity index (χ2n) is 12.5. The number of ketones is 1. The summed E-state index contributed by atoms with van der Waals surface area (Å²) in [5, 5.41) is 13.0. The summed E-state index contributed by atoms with van der Waals surface area (Å²) in [6.45, 7) is 10.1. The molecule has 1 heterocycles. The first-order valence-electron chi connectivity index (χ1n) is 13.5. The van der Waals surface area contributed by atoms with Crippen LogP contribution in [0.1, 0.15) is 60.3 Å². The summed E-state index contributed by atoms with van der Waals surface area (Å²) in [7, 11) is 0. The average molecular weight is 542 g/mol. The van der Waals surface area contributed by atoms with E-state index in [1.807, 2.05) is 12.0 Å². The normalized spacial score (nSPS) is 47.8. The van der Waals surface area contributed by atoms with Crippen molar-refractivity contribution >= 4 is 22.7 Å². The predicted octanol–water partition coefficient (Wildman–Crippen LogP) is 5.14. The van der Waals surface area contributed by atoms with Crippen LogP contribution in [-0.2, 0) is 14.4 Å². The Kier molecular flexibility index (Phi) is 6.62. The molecule has 0 aromatic rings. The zero-order chi connectivity index (χ0) is 27.1. The van der Waals surface area contributed by atoms with Crippen LogP contribution in [0.15, 0.2) is 23.8 Å². The third-order valence-electron chi connectivity index (χ3n) is 10.7. The monoisotopic (exact) mass is 541 g/mol. The summed E-state index contributed by atoms with van der Waals surface area (Å²) in [5.41, 5.74) is -6.08. The lowest BCUT2D eigenvalue weighted by atomic mass is 9.44. The Morgan fingerprint density at radius 2 is 2.00 bits per heavy atom. The Bertz CT molecular complexity index is 1050. The molecule has 10 atom stereocenters. The van der Waals surface area contributed by atoms with E-state index in [0.29, 0.717) is 24.7 Å². The Balaban J connectivity index is 1.61. The Morgan fingerprint density at radius 1 is 1.30 bits per heavy atom. The molecule has 5 aliphatic rings. The van der Waals surface area contributed by atoms with Crippen LogP contribution in [0.25, 0.3) is 0 Å². The molecule has 5 nitrogen and oxygen atoms in total. The van der Waals surface area contributed by atoms with Crippen LogP contribution in [0.5, 0.6) is 0 Å². The second kappa shape index (κ2) is 8.93. The third-order valence-corrected chi connectivity index (χ3v) is 11.4. The van der Waals surface area contributed by atoms with Gasteiger partial charge in [-0.1, -0.05) is 45.5 Å². The van der Waals surface area contributed by atoms with Crippen LogP contribution < -0.4 is 0 Å². The zero-order valence-corrected chi connectivity index (χ0v) is 23.0. The number of rotatable bonds is 5. The van der Waals surface area contributed by atoms with Crippen molar-refractivity contribution < 1.29 is 32.7 Å². The van der Waals surface area contributed by atoms with Gasteiger partial charge in [-0.3, -0.25) is 14.4 Å². The maximum Gasteiger partial charge on any atom is 0.226 e. The molecular formula is C28H38F3NO4S. The molecule has 0 spiro atoms. The van der Waals surface area contributed by atoms with E-state index >= 15 is 8.78 Å². The molecule has 0 radical (unpaired) electrons. The lowest BCUT2D eigenvalue weighted by Gasteiger charge is -2.63. The molecule has 1 N–H and O–H groups in total. The number of hydrogen-bond acceptors (Lipinski definition) is 6. The number of hydrogen-bond donors (Lipinski definition) is 1. The minimum atomic E-state index is -2.22. The average Bonchev–Trinajstić information content (AvgIpc) is 3.31. The quantitative estimate of drug-likeness (QED) is 0.520. The molecule has 206 valence electrons. The SMILES string of the molecule is CC[C@@H](C(C)C)N1C[C@@H]2C[C@H]3[C@@H]4C[C@H](F)C5=CC(=O)C=C[C@]5(C)[C@@]4(F)[C@@H](O)CC3(C)[C@]2(C(=O)SCF)O1. The van der Waals surface area contributed by atoms with Gasteiger partial charge in [-0.25, -0.2) is 13.2 Å². The summed E-state index contributed by atoms with van der Waals surface area (Å²) in [5.74, 6) is -1.83. The summed E-state index contributed by atoms with van der Waals surface area (Å²) >= 11 is 0.563. The van der Waals surface area contributed by atoms with E-state index in [0.717, 1.165) is 6.42 Å². The number of halogens is 3. The van der Waals surface area contributed by atoms with E-state index in [4.69, 9.17) is 4.84 Å². The fourth-order valence-corrected chi connectivity index (χ4v) is 9.73. The highest BCUT2D eigenvalue weighted by molar-refractivity contribution is 8.13. The number of thioether (sulfide) groups is 1. The Hall–Kier alpha value is -1.16. The summed E-state index contributed by atoms with van der Waals surface area (Å²) in [4.78, 5) is 32.4. The number of nitrogens with zero attached hydrogens (tertiary/aromatic N) is 1. The van der Waals surface area contributed by atoms with Gasteiger partial charge in [0, 0.05) is 35.3 Å². The molecule has 3 saturated carbocycles. The van der Waals surface area contributed by atoms with Gasteiger partial charge in [0.25, 0.3) is 0 Å². The minimum Gasteiger partial charge on any atom is -0.390 e. The minimum absolute atomic E-state index is 0.0444. The van der Waals surface area contributed by atoms with Crippen molar-refractivity contribution in [1.82, 2.24) is 5.06 Å². The molecule has 1 saturated heterocycles. The molecule has 4 aliphatic carbocycles. The molecule has 4 fully saturated rings. The maximum atomic E-state index is 17.4. The van der Waals surface area contributed by atoms with Gasteiger partial charge in [-0.2, -0.15) is 5.06 Å². The summed E-state index contributed by atoms with van der Waals surface area (Å²) in [6, 6.07) is -0.863. The van der Waals surface area contributed by atoms with Crippen molar-refractivity contribution in [2.75, 3.05) is 12.6 Å². The van der Waals surface area contributed by atoms with E-state index in [1.54, 1.807) is 6.92 Å². The van der Waals surface area contributed by atoms with Gasteiger partial charge in [-0.05, 0) is 62.2 Å². The van der Waals surface area contributed by atoms with Crippen LogP contribution in [0.4, 0.5) is 13.2 Å². The number of fused-ring (bicyclic) bond motifs is 7. The first kappa shape index (κ1) is 27.4. The van der Waals surface area contributed by atoms with Crippen molar-refractivity contribution in [3.8, 4) is 0 Å². The number of aliphatic hydroxyl groups is 1. The van der Waals surface area contributed by atoms with Gasteiger partial charge < -0.3 is 5.11 Å². The molecule has 5 rings (SSSR count). The van der Waals surface area contributed by atoms with Gasteiger partial charge in [0.1, 0.15) is 12.2 Å². The highest BCUT2D eigenvalue weighted by Gasteiger charge is 2.79. The summed E-state index contributed by atoms with van der Waals surface area (Å²) in [6.07, 6.45) is 1.73. The smallest absolute Gasteiger partial charge is 0.226 e. The van der Waals surface area contributed by atoms with Crippen molar-refractivity contribution in [1.29, 1.82) is 0 Å². The van der Waals surface area contributed by atoms with Gasteiger partial charge in [0.05, 0.1) is 6.10 Å². The van der Waals surface area contributed by atoms with Gasteiger partial charge >= 0.3 is 0 Å². The van der Waals surface area contributed by atoms with Crippen molar-refractivity contribution in [3.05, 3.63) is 23.8 Å². The topological polar surface area (TPSA) is 66.8 Å². The molecule has 0 aromatic carbocycles. The van der Waals surface area contributed by atoms with Crippen LogP contribution in [0.2, 0.25) is 0 Å². The number of hydroxylamine groups is 2. The molecule has 0 aromatic heterocycles. The van der Waals surface area contributed by atoms with Gasteiger partial charge in [0.15, 0.2) is 17.1 Å². The molecule has 0 amide bonds. The predicted molar refractivity (Wildman–Crippen MR) is 136 cm³/mol. The van der Waals surface area contributed by atoms with E-state index < -0.39 is 57.3 Å². The molecule has 0 bridgehead atoms. The van der Waals surface area contributed by atoms with Gasteiger partial charge in [-0.15, -0.1) is 0 Å². The number of allylic oxidation sites excluding steroid dienone is 4. The molecule has 1 unspecified atom stereocenters. The first-order chi connectivity index (χ1) is 17.3. The lowest BCUT2D eigenvalue weighted by molar-refractivity contribution is -0.275. The van der Waals surface area contributed by atoms with E-state index in [9.17, 15) is 19.1 Å². The van der Waals surface area contributed by atoms with Crippen LogP contribution in [0, 0.1) is 34.5 Å². The fourth-order valence-electron chi connectivity index (χ4n) is 8.98. The molecule has 9 heteroatoms. The van der Waals surface area contributed by atoms with Crippen LogP contribution >= 0.6 is 11.8 Å². The second-order valence-corrected chi connectivity index (χ2v) is 13.4. The largest absolute Gasteiger partial charge is 0.390 e. The number of carbonyl (C=O) groups is 2. The zero-order valence-electron chi connectivity index (χ0n) is 22.2. The van der Waals surface area contributed by atoms with E-state index in [2.05, 4.69) is 20.8 Å². The Labute approximate surface area is 221 Å². The lowest BCUT2D eigenvalue weighted by Crippen LogP contribution is -2.70. The number of carbonyl (C=O) groups excluding carboxylic acids is 2. The molecule has 1 aliphatic heterocycles. The summed E-state index contributed by atoms with van der Waals surface area (Å²) < 4.78 is 46.7. The number of alkyl halides is 3. The number of aliphatic hydroxyl groups excluding tert-OH is 1. The van der Waals surface area contributed by atoms with Crippen molar-refractivity contribution in [2.24, 2.45) is 34.5 Å². The first-order valence-corrected chi connectivity index (χ1v) is 14.5. The van der Waals surface area contributed by atoms with Crippen LogP contribution in [0.3, 0.4) is 0 Å². The standard InChI is InChI=1S/C28H38F3NO4S/c1-6-22(15(2)3)32-13-16-9-18-19-11-21(30)20-10-17(33)7-8-25(20,4)27(19,31)23(34)12-26(18,5)28(16,36-32)24(35)37-14-29/h7-8,10,15-16,18-19,21-23,34H,6,9,11-14H2,1-5H3/t16-,18-,19-,21-,22-,23-,25-,26?,27-,28-/m0/s1. The Morgan fingerprint density at radius 3 is 2.62 bits per heavy atom. The highest BCUT2D eigenvalue weighted by atomic mass is 32.2. The van der Waals surface area contributed by atoms with Gasteiger partial charge in [0.2, 0.25) is 5.12 Å². The third kappa shape index (κ3) is 3.35.